The first-order valence-corrected chi connectivity index (χ1v) is 4.63. The predicted octanol–water partition coefficient (Wildman–Crippen LogP) is 1.96. The van der Waals surface area contributed by atoms with E-state index in [9.17, 15) is 23.3 Å². The fourth-order valence-electron chi connectivity index (χ4n) is 1.22. The topological polar surface area (TPSA) is 98.3 Å². The van der Waals surface area contributed by atoms with Crippen LogP contribution >= 0.6 is 0 Å². The lowest BCUT2D eigenvalue weighted by molar-refractivity contribution is -0.390. The molecule has 0 fully saturated rings. The van der Waals surface area contributed by atoms with E-state index in [0.717, 1.165) is 7.11 Å². The van der Waals surface area contributed by atoms with Gasteiger partial charge in [-0.15, -0.1) is 13.2 Å². The van der Waals surface area contributed by atoms with Crippen LogP contribution < -0.4 is 9.47 Å². The Morgan fingerprint density at radius 3 is 2.63 bits per heavy atom. The summed E-state index contributed by atoms with van der Waals surface area (Å²) < 4.78 is 44.5. The number of aromatic nitrogens is 1. The lowest BCUT2D eigenvalue weighted by Crippen LogP contribution is -2.18. The molecule has 0 bridgehead atoms. The lowest BCUT2D eigenvalue weighted by Gasteiger charge is -2.10. The third-order valence-electron chi connectivity index (χ3n) is 1.87. The molecule has 1 aromatic heterocycles. The highest BCUT2D eigenvalue weighted by Crippen LogP contribution is 2.34. The van der Waals surface area contributed by atoms with Crippen LogP contribution in [0.25, 0.3) is 0 Å². The van der Waals surface area contributed by atoms with E-state index in [1.54, 1.807) is 6.07 Å². The van der Waals surface area contributed by atoms with E-state index in [1.165, 1.54) is 0 Å². The minimum absolute atomic E-state index is 0.299. The van der Waals surface area contributed by atoms with Crippen LogP contribution in [0.15, 0.2) is 6.07 Å². The van der Waals surface area contributed by atoms with Gasteiger partial charge in [0.1, 0.15) is 0 Å². The number of hydrogen-bond acceptors (Lipinski definition) is 6. The minimum atomic E-state index is -5.00. The number of halogens is 3. The van der Waals surface area contributed by atoms with Gasteiger partial charge in [0.25, 0.3) is 0 Å². The maximum atomic E-state index is 12.1. The molecule has 0 saturated heterocycles. The van der Waals surface area contributed by atoms with E-state index in [1.807, 2.05) is 0 Å². The van der Waals surface area contributed by atoms with Crippen LogP contribution in [-0.2, 0) is 6.42 Å². The van der Waals surface area contributed by atoms with Crippen LogP contribution in [0.1, 0.15) is 5.56 Å². The van der Waals surface area contributed by atoms with Gasteiger partial charge in [-0.25, -0.2) is 0 Å². The van der Waals surface area contributed by atoms with Crippen molar-refractivity contribution in [2.45, 2.75) is 12.8 Å². The van der Waals surface area contributed by atoms with Gasteiger partial charge in [0.05, 0.1) is 25.2 Å². The molecule has 0 N–H and O–H groups in total. The summed E-state index contributed by atoms with van der Waals surface area (Å²) in [6, 6.07) is 2.29. The number of ether oxygens (including phenoxy) is 2. The molecule has 19 heavy (non-hydrogen) atoms. The van der Waals surface area contributed by atoms with E-state index in [-0.39, 0.29) is 5.56 Å². The van der Waals surface area contributed by atoms with Crippen molar-refractivity contribution in [2.75, 3.05) is 7.11 Å². The van der Waals surface area contributed by atoms with Crippen molar-refractivity contribution in [3.8, 4) is 17.7 Å². The average molecular weight is 277 g/mol. The summed E-state index contributed by atoms with van der Waals surface area (Å²) in [4.78, 5) is 13.0. The van der Waals surface area contributed by atoms with Gasteiger partial charge in [0.2, 0.25) is 5.75 Å². The van der Waals surface area contributed by atoms with Crippen LogP contribution in [-0.4, -0.2) is 23.4 Å². The second-order valence-electron chi connectivity index (χ2n) is 3.12. The molecule has 102 valence electrons. The molecule has 0 radical (unpaired) electrons. The van der Waals surface area contributed by atoms with Crippen LogP contribution in [0.2, 0.25) is 0 Å². The summed E-state index contributed by atoms with van der Waals surface area (Å²) >= 11 is 0. The first-order valence-electron chi connectivity index (χ1n) is 4.63. The summed E-state index contributed by atoms with van der Waals surface area (Å²) in [6.45, 7) is 0. The Kier molecular flexibility index (Phi) is 4.11. The summed E-state index contributed by atoms with van der Waals surface area (Å²) in [7, 11) is 0.985. The van der Waals surface area contributed by atoms with Gasteiger partial charge in [-0.3, -0.25) is 0 Å². The Balaban J connectivity index is 3.36. The average Bonchev–Trinajstić information content (AvgIpc) is 2.27. The monoisotopic (exact) mass is 277 g/mol. The number of nitriles is 1. The van der Waals surface area contributed by atoms with E-state index < -0.39 is 35.2 Å². The van der Waals surface area contributed by atoms with Crippen LogP contribution in [0, 0.1) is 21.4 Å². The Hall–Kier alpha value is -2.57. The molecule has 7 nitrogen and oxygen atoms in total. The SMILES string of the molecule is COc1nc([N+](=O)[O-])c(CC#N)cc1OC(F)(F)F. The molecular weight excluding hydrogens is 271 g/mol. The van der Waals surface area contributed by atoms with Crippen molar-refractivity contribution >= 4 is 5.82 Å². The Morgan fingerprint density at radius 2 is 2.21 bits per heavy atom. The highest BCUT2D eigenvalue weighted by atomic mass is 19.4. The van der Waals surface area contributed by atoms with Gasteiger partial charge in [-0.05, 0) is 4.92 Å². The van der Waals surface area contributed by atoms with Crippen LogP contribution in [0.3, 0.4) is 0 Å². The van der Waals surface area contributed by atoms with Gasteiger partial charge in [-0.1, -0.05) is 0 Å². The number of nitro groups is 1. The van der Waals surface area contributed by atoms with Crippen molar-refractivity contribution in [1.29, 1.82) is 5.26 Å². The number of hydrogen-bond donors (Lipinski definition) is 0. The van der Waals surface area contributed by atoms with E-state index >= 15 is 0 Å². The van der Waals surface area contributed by atoms with Gasteiger partial charge in [-0.2, -0.15) is 5.26 Å². The Labute approximate surface area is 104 Å². The van der Waals surface area contributed by atoms with Crippen molar-refractivity contribution in [3.63, 3.8) is 0 Å². The molecule has 10 heteroatoms. The zero-order valence-corrected chi connectivity index (χ0v) is 9.39. The van der Waals surface area contributed by atoms with Crippen molar-refractivity contribution in [2.24, 2.45) is 0 Å². The molecule has 0 atom stereocenters. The number of nitrogens with zero attached hydrogens (tertiary/aromatic N) is 3. The molecule has 1 heterocycles. The fraction of sp³-hybridized carbons (Fsp3) is 0.333. The molecule has 0 aliphatic carbocycles. The molecule has 0 saturated carbocycles. The normalized spacial score (nSPS) is 10.7. The third kappa shape index (κ3) is 3.70. The Morgan fingerprint density at radius 1 is 1.58 bits per heavy atom. The third-order valence-corrected chi connectivity index (χ3v) is 1.87. The molecule has 0 aliphatic heterocycles. The van der Waals surface area contributed by atoms with E-state index in [4.69, 9.17) is 5.26 Å². The summed E-state index contributed by atoms with van der Waals surface area (Å²) in [5.74, 6) is -2.29. The molecule has 0 aromatic carbocycles. The molecule has 0 aliphatic rings. The number of alkyl halides is 3. The highest BCUT2D eigenvalue weighted by molar-refractivity contribution is 5.46. The molecule has 0 unspecified atom stereocenters. The standard InChI is InChI=1S/C9H6F3N3O4/c1-18-8-6(19-9(10,11)12)4-5(2-3-13)7(14-8)15(16)17/h4H,2H2,1H3. The van der Waals surface area contributed by atoms with Crippen molar-refractivity contribution < 1.29 is 27.6 Å². The second kappa shape index (κ2) is 5.38. The first kappa shape index (κ1) is 14.5. The van der Waals surface area contributed by atoms with Gasteiger partial charge in [0.15, 0.2) is 0 Å². The fourth-order valence-corrected chi connectivity index (χ4v) is 1.22. The molecule has 0 amide bonds. The number of pyridine rings is 1. The highest BCUT2D eigenvalue weighted by Gasteiger charge is 2.35. The number of rotatable bonds is 4. The predicted molar refractivity (Wildman–Crippen MR) is 53.4 cm³/mol. The van der Waals surface area contributed by atoms with Crippen LogP contribution in [0.4, 0.5) is 19.0 Å². The maximum Gasteiger partial charge on any atom is 0.573 e. The summed E-state index contributed by atoms with van der Waals surface area (Å²) in [6.07, 6.45) is -5.49. The number of methoxy groups -OCH3 is 1. The van der Waals surface area contributed by atoms with Crippen LogP contribution in [0.5, 0.6) is 11.6 Å². The maximum absolute atomic E-state index is 12.1. The lowest BCUT2D eigenvalue weighted by atomic mass is 10.2. The molecule has 1 rings (SSSR count). The largest absolute Gasteiger partial charge is 0.573 e. The van der Waals surface area contributed by atoms with Gasteiger partial charge in [0, 0.05) is 11.1 Å². The van der Waals surface area contributed by atoms with E-state index in [2.05, 4.69) is 14.5 Å². The van der Waals surface area contributed by atoms with Crippen molar-refractivity contribution in [1.82, 2.24) is 4.98 Å². The summed E-state index contributed by atoms with van der Waals surface area (Å²) in [5.41, 5.74) is -0.299. The zero-order chi connectivity index (χ0) is 14.6. The second-order valence-corrected chi connectivity index (χ2v) is 3.12. The van der Waals surface area contributed by atoms with Gasteiger partial charge < -0.3 is 19.6 Å². The minimum Gasteiger partial charge on any atom is -0.460 e. The Bertz CT molecular complexity index is 539. The van der Waals surface area contributed by atoms with Crippen molar-refractivity contribution in [3.05, 3.63) is 21.7 Å². The summed E-state index contributed by atoms with van der Waals surface area (Å²) in [5, 5.41) is 19.2. The molecule has 1 aromatic rings. The zero-order valence-electron chi connectivity index (χ0n) is 9.39. The first-order chi connectivity index (χ1) is 8.78. The van der Waals surface area contributed by atoms with Gasteiger partial charge >= 0.3 is 18.1 Å². The van der Waals surface area contributed by atoms with E-state index in [0.29, 0.717) is 6.07 Å². The smallest absolute Gasteiger partial charge is 0.460 e. The molecule has 0 spiro atoms. The molecular formula is C9H6F3N3O4. The quantitative estimate of drug-likeness (QED) is 0.616.